The zero-order valence-corrected chi connectivity index (χ0v) is 15.6. The van der Waals surface area contributed by atoms with Crippen LogP contribution in [-0.2, 0) is 11.2 Å². The summed E-state index contributed by atoms with van der Waals surface area (Å²) in [6, 6.07) is 11.7. The van der Waals surface area contributed by atoms with Gasteiger partial charge in [-0.3, -0.25) is 4.79 Å². The zero-order chi connectivity index (χ0) is 19.9. The van der Waals surface area contributed by atoms with Crippen LogP contribution in [0.4, 0.5) is 5.69 Å². The molecule has 0 spiro atoms. The van der Waals surface area contributed by atoms with E-state index < -0.39 is 0 Å². The van der Waals surface area contributed by atoms with Crippen LogP contribution in [0.2, 0.25) is 0 Å². The first-order valence-corrected chi connectivity index (χ1v) is 8.73. The summed E-state index contributed by atoms with van der Waals surface area (Å²) in [6.07, 6.45) is 1.37. The molecule has 0 aliphatic heterocycles. The van der Waals surface area contributed by atoms with Gasteiger partial charge in [0, 0.05) is 24.1 Å². The number of nitrogens with zero attached hydrogens (tertiary/aromatic N) is 2. The van der Waals surface area contributed by atoms with Gasteiger partial charge in [0.05, 0.1) is 14.2 Å². The normalized spacial score (nSPS) is 10.5. The number of phenolic OH excluding ortho intramolecular Hbond substituents is 1. The molecule has 1 amide bonds. The van der Waals surface area contributed by atoms with Gasteiger partial charge in [-0.05, 0) is 48.9 Å². The first-order valence-electron chi connectivity index (χ1n) is 8.73. The van der Waals surface area contributed by atoms with Gasteiger partial charge < -0.3 is 24.4 Å². The van der Waals surface area contributed by atoms with Gasteiger partial charge in [-0.25, -0.2) is 0 Å². The summed E-state index contributed by atoms with van der Waals surface area (Å²) < 4.78 is 15.8. The Morgan fingerprint density at radius 1 is 1.11 bits per heavy atom. The molecule has 0 atom stereocenters. The summed E-state index contributed by atoms with van der Waals surface area (Å²) in [7, 11) is 3.13. The number of aryl methyl sites for hydroxylation is 1. The Hall–Kier alpha value is -3.55. The number of aromatic nitrogens is 2. The largest absolute Gasteiger partial charge is 0.508 e. The number of aromatic hydroxyl groups is 1. The number of methoxy groups -OCH3 is 2. The second kappa shape index (κ2) is 8.90. The van der Waals surface area contributed by atoms with Gasteiger partial charge in [-0.2, -0.15) is 4.98 Å². The highest BCUT2D eigenvalue weighted by atomic mass is 16.5. The van der Waals surface area contributed by atoms with Gasteiger partial charge in [-0.1, -0.05) is 5.16 Å². The highest BCUT2D eigenvalue weighted by Gasteiger charge is 2.12. The van der Waals surface area contributed by atoms with Crippen LogP contribution in [0, 0.1) is 0 Å². The average Bonchev–Trinajstić information content (AvgIpc) is 3.18. The molecular formula is C20H21N3O5. The molecule has 0 saturated heterocycles. The minimum Gasteiger partial charge on any atom is -0.508 e. The summed E-state index contributed by atoms with van der Waals surface area (Å²) in [5.74, 6) is 2.14. The molecule has 2 N–H and O–H groups in total. The number of amides is 1. The molecule has 28 heavy (non-hydrogen) atoms. The Morgan fingerprint density at radius 2 is 1.86 bits per heavy atom. The van der Waals surface area contributed by atoms with Crippen LogP contribution < -0.4 is 14.8 Å². The lowest BCUT2D eigenvalue weighted by molar-refractivity contribution is -0.116. The van der Waals surface area contributed by atoms with E-state index >= 15 is 0 Å². The molecule has 0 aliphatic carbocycles. The molecule has 146 valence electrons. The fourth-order valence-corrected chi connectivity index (χ4v) is 2.62. The Labute approximate surface area is 162 Å². The van der Waals surface area contributed by atoms with Gasteiger partial charge in [-0.15, -0.1) is 0 Å². The molecule has 1 heterocycles. The molecule has 0 bridgehead atoms. The third-order valence-corrected chi connectivity index (χ3v) is 4.06. The predicted octanol–water partition coefficient (Wildman–Crippen LogP) is 3.42. The average molecular weight is 383 g/mol. The number of carbonyl (C=O) groups is 1. The fraction of sp³-hybridized carbons (Fsp3) is 0.250. The van der Waals surface area contributed by atoms with Gasteiger partial charge >= 0.3 is 0 Å². The predicted molar refractivity (Wildman–Crippen MR) is 103 cm³/mol. The van der Waals surface area contributed by atoms with Crippen LogP contribution >= 0.6 is 0 Å². The van der Waals surface area contributed by atoms with E-state index in [1.807, 2.05) is 6.07 Å². The Bertz CT molecular complexity index is 937. The maximum absolute atomic E-state index is 12.0. The number of hydrogen-bond acceptors (Lipinski definition) is 7. The van der Waals surface area contributed by atoms with Crippen LogP contribution in [0.25, 0.3) is 11.4 Å². The number of hydrogen-bond donors (Lipinski definition) is 2. The van der Waals surface area contributed by atoms with Crippen molar-refractivity contribution in [1.29, 1.82) is 0 Å². The van der Waals surface area contributed by atoms with Crippen LogP contribution in [0.15, 0.2) is 47.0 Å². The van der Waals surface area contributed by atoms with Gasteiger partial charge in [0.1, 0.15) is 5.75 Å². The molecule has 0 unspecified atom stereocenters. The Kier molecular flexibility index (Phi) is 6.11. The number of ether oxygens (including phenoxy) is 2. The minimum atomic E-state index is -0.120. The number of rotatable bonds is 8. The quantitative estimate of drug-likeness (QED) is 0.574. The number of nitrogens with one attached hydrogen (secondary N) is 1. The van der Waals surface area contributed by atoms with E-state index in [0.29, 0.717) is 48.2 Å². The van der Waals surface area contributed by atoms with Gasteiger partial charge in [0.15, 0.2) is 11.5 Å². The van der Waals surface area contributed by atoms with E-state index in [9.17, 15) is 9.90 Å². The van der Waals surface area contributed by atoms with E-state index in [1.165, 1.54) is 12.1 Å². The topological polar surface area (TPSA) is 107 Å². The van der Waals surface area contributed by atoms with Crippen molar-refractivity contribution in [1.82, 2.24) is 10.1 Å². The lowest BCUT2D eigenvalue weighted by atomic mass is 10.2. The molecule has 8 nitrogen and oxygen atoms in total. The summed E-state index contributed by atoms with van der Waals surface area (Å²) in [6.45, 7) is 0. The summed E-state index contributed by atoms with van der Waals surface area (Å²) in [4.78, 5) is 16.3. The monoisotopic (exact) mass is 383 g/mol. The molecule has 3 aromatic rings. The molecule has 2 aromatic carbocycles. The fourth-order valence-electron chi connectivity index (χ4n) is 2.62. The SMILES string of the molecule is COc1ccc(-c2noc(CCCC(=O)Nc3ccc(O)cc3)n2)cc1OC. The van der Waals surface area contributed by atoms with Crippen molar-refractivity contribution in [3.8, 4) is 28.6 Å². The van der Waals surface area contributed by atoms with Crippen LogP contribution in [0.5, 0.6) is 17.2 Å². The standard InChI is InChI=1S/C20H21N3O5/c1-26-16-11-6-13(12-17(16)27-2)20-22-19(28-23-20)5-3-4-18(25)21-14-7-9-15(24)10-8-14/h6-12,24H,3-5H2,1-2H3,(H,21,25). The smallest absolute Gasteiger partial charge is 0.226 e. The molecule has 0 fully saturated rings. The van der Waals surface area contributed by atoms with Crippen molar-refractivity contribution in [2.24, 2.45) is 0 Å². The zero-order valence-electron chi connectivity index (χ0n) is 15.6. The highest BCUT2D eigenvalue weighted by molar-refractivity contribution is 5.90. The second-order valence-corrected chi connectivity index (χ2v) is 6.03. The Balaban J connectivity index is 1.53. The maximum atomic E-state index is 12.0. The lowest BCUT2D eigenvalue weighted by Gasteiger charge is -2.07. The lowest BCUT2D eigenvalue weighted by Crippen LogP contribution is -2.11. The van der Waals surface area contributed by atoms with Crippen LogP contribution in [0.1, 0.15) is 18.7 Å². The van der Waals surface area contributed by atoms with Crippen molar-refractivity contribution in [3.05, 3.63) is 48.4 Å². The van der Waals surface area contributed by atoms with Gasteiger partial charge in [0.2, 0.25) is 17.6 Å². The van der Waals surface area contributed by atoms with Crippen molar-refractivity contribution < 1.29 is 23.9 Å². The van der Waals surface area contributed by atoms with Crippen molar-refractivity contribution in [2.45, 2.75) is 19.3 Å². The molecule has 8 heteroatoms. The third kappa shape index (κ3) is 4.79. The van der Waals surface area contributed by atoms with Crippen molar-refractivity contribution >= 4 is 11.6 Å². The van der Waals surface area contributed by atoms with Crippen molar-refractivity contribution in [2.75, 3.05) is 19.5 Å². The van der Waals surface area contributed by atoms with E-state index in [2.05, 4.69) is 15.5 Å². The molecule has 0 aliphatic rings. The Morgan fingerprint density at radius 3 is 2.57 bits per heavy atom. The van der Waals surface area contributed by atoms with Crippen LogP contribution in [0.3, 0.4) is 0 Å². The highest BCUT2D eigenvalue weighted by Crippen LogP contribution is 2.31. The first-order chi connectivity index (χ1) is 13.6. The molecular weight excluding hydrogens is 362 g/mol. The van der Waals surface area contributed by atoms with E-state index in [0.717, 1.165) is 5.56 Å². The van der Waals surface area contributed by atoms with E-state index in [-0.39, 0.29) is 11.7 Å². The molecule has 1 aromatic heterocycles. The number of phenols is 1. The second-order valence-electron chi connectivity index (χ2n) is 6.03. The third-order valence-electron chi connectivity index (χ3n) is 4.06. The maximum Gasteiger partial charge on any atom is 0.226 e. The van der Waals surface area contributed by atoms with E-state index in [1.54, 1.807) is 38.5 Å². The number of carbonyl (C=O) groups excluding carboxylic acids is 1. The summed E-state index contributed by atoms with van der Waals surface area (Å²) in [5.41, 5.74) is 1.38. The van der Waals surface area contributed by atoms with Crippen molar-refractivity contribution in [3.63, 3.8) is 0 Å². The van der Waals surface area contributed by atoms with Crippen LogP contribution in [-0.4, -0.2) is 35.4 Å². The molecule has 3 rings (SSSR count). The summed E-state index contributed by atoms with van der Waals surface area (Å²) >= 11 is 0. The summed E-state index contributed by atoms with van der Waals surface area (Å²) in [5, 5.41) is 16.0. The van der Waals surface area contributed by atoms with E-state index in [4.69, 9.17) is 14.0 Å². The molecule has 0 radical (unpaired) electrons. The number of benzene rings is 2. The first kappa shape index (κ1) is 19.2. The van der Waals surface area contributed by atoms with Gasteiger partial charge in [0.25, 0.3) is 0 Å². The minimum absolute atomic E-state index is 0.120. The number of anilines is 1. The molecule has 0 saturated carbocycles.